The third kappa shape index (κ3) is 7.00. The number of carbonyl (C=O) groups is 2. The van der Waals surface area contributed by atoms with Crippen LogP contribution in [0.25, 0.3) is 10.4 Å². The van der Waals surface area contributed by atoms with E-state index in [-0.39, 0.29) is 12.2 Å². The Hall–Kier alpha value is -2.33. The summed E-state index contributed by atoms with van der Waals surface area (Å²) >= 11 is 7.51. The van der Waals surface area contributed by atoms with Gasteiger partial charge in [0.25, 0.3) is 0 Å². The van der Waals surface area contributed by atoms with Gasteiger partial charge in [-0.05, 0) is 77.8 Å². The van der Waals surface area contributed by atoms with E-state index in [1.54, 1.807) is 31.2 Å². The molecule has 0 bridgehead atoms. The molecule has 38 heavy (non-hydrogen) atoms. The van der Waals surface area contributed by atoms with Crippen LogP contribution in [0.5, 0.6) is 0 Å². The first-order chi connectivity index (χ1) is 17.8. The van der Waals surface area contributed by atoms with Gasteiger partial charge in [-0.15, -0.1) is 11.3 Å². The molecule has 0 saturated carbocycles. The van der Waals surface area contributed by atoms with Gasteiger partial charge in [0.1, 0.15) is 0 Å². The van der Waals surface area contributed by atoms with Crippen LogP contribution in [0.1, 0.15) is 90.8 Å². The van der Waals surface area contributed by atoms with Gasteiger partial charge in [0.2, 0.25) is 0 Å². The van der Waals surface area contributed by atoms with Gasteiger partial charge in [0, 0.05) is 21.0 Å². The van der Waals surface area contributed by atoms with Crippen LogP contribution < -0.4 is 4.72 Å². The van der Waals surface area contributed by atoms with Crippen molar-refractivity contribution < 1.29 is 23.1 Å². The number of esters is 1. The highest BCUT2D eigenvalue weighted by molar-refractivity contribution is 7.84. The molecular weight excluding hydrogens is 544 g/mol. The molecule has 7 nitrogen and oxygen atoms in total. The van der Waals surface area contributed by atoms with Gasteiger partial charge in [0.05, 0.1) is 50.9 Å². The van der Waals surface area contributed by atoms with E-state index in [1.807, 2.05) is 41.5 Å². The highest BCUT2D eigenvalue weighted by Crippen LogP contribution is 2.43. The van der Waals surface area contributed by atoms with E-state index >= 15 is 0 Å². The summed E-state index contributed by atoms with van der Waals surface area (Å²) < 4.78 is 26.8. The van der Waals surface area contributed by atoms with Crippen molar-refractivity contribution in [1.82, 2.24) is 9.88 Å². The molecule has 1 unspecified atom stereocenters. The number of nitrogens with one attached hydrogen (secondary N) is 1. The molecular formula is C28H35ClN2O5S2. The summed E-state index contributed by atoms with van der Waals surface area (Å²) in [4.78, 5) is 28.1. The number of hydrogen-bond acceptors (Lipinski definition) is 7. The molecule has 0 spiro atoms. The molecule has 3 rings (SSSR count). The number of halogens is 1. The van der Waals surface area contributed by atoms with Crippen LogP contribution in [0, 0.1) is 20.8 Å². The summed E-state index contributed by atoms with van der Waals surface area (Å²) in [5.41, 5.74) is 3.10. The van der Waals surface area contributed by atoms with Gasteiger partial charge < -0.3 is 9.26 Å². The maximum absolute atomic E-state index is 13.7. The van der Waals surface area contributed by atoms with E-state index in [2.05, 4.69) is 9.88 Å². The van der Waals surface area contributed by atoms with Crippen molar-refractivity contribution in [3.05, 3.63) is 62.3 Å². The van der Waals surface area contributed by atoms with Crippen LogP contribution in [-0.2, 0) is 20.5 Å². The summed E-state index contributed by atoms with van der Waals surface area (Å²) in [6, 6.07) is 5.99. The Bertz CT molecular complexity index is 1320. The van der Waals surface area contributed by atoms with Crippen molar-refractivity contribution in [3.8, 4) is 10.4 Å². The highest BCUT2D eigenvalue weighted by atomic mass is 35.5. The lowest BCUT2D eigenvalue weighted by Gasteiger charge is -2.23. The Balaban J connectivity index is 2.10. The third-order valence-corrected chi connectivity index (χ3v) is 9.18. The Labute approximate surface area is 235 Å². The summed E-state index contributed by atoms with van der Waals surface area (Å²) in [6.07, 6.45) is 1.56. The molecule has 1 N–H and O–H groups in total. The standard InChI is InChI=1S/C28H35ClN2O5S2/c1-8-9-14-35-22(32)15-21(31-38(34)28(5,6)7)26-24(17(3)30-36-26)27-23(16(2)18(4)37-27)25(33)19-10-12-20(29)13-11-19/h10-13,21,31H,8-9,14-15H2,1-7H3/t21?,38-/m1/s1. The van der Waals surface area contributed by atoms with E-state index in [0.717, 1.165) is 23.3 Å². The SMILES string of the molecule is CCCCOC(=O)CC(N[S@](=O)C(C)(C)C)c1onc(C)c1-c1sc(C)c(C)c1C(=O)c1ccc(Cl)cc1. The van der Waals surface area contributed by atoms with Crippen LogP contribution in [-0.4, -0.2) is 32.5 Å². The van der Waals surface area contributed by atoms with Crippen molar-refractivity contribution in [2.45, 2.75) is 78.5 Å². The molecule has 3 aromatic rings. The highest BCUT2D eigenvalue weighted by Gasteiger charge is 2.34. The second kappa shape index (κ2) is 12.7. The molecule has 206 valence electrons. The first-order valence-electron chi connectivity index (χ1n) is 12.6. The first kappa shape index (κ1) is 30.2. The van der Waals surface area contributed by atoms with E-state index in [0.29, 0.717) is 44.7 Å². The smallest absolute Gasteiger partial charge is 0.307 e. The minimum absolute atomic E-state index is 0.100. The third-order valence-electron chi connectivity index (χ3n) is 6.09. The number of carbonyl (C=O) groups excluding carboxylic acids is 2. The Morgan fingerprint density at radius 1 is 1.18 bits per heavy atom. The number of ketones is 1. The molecule has 0 saturated heterocycles. The number of thiophene rings is 1. The zero-order valence-corrected chi connectivity index (χ0v) is 25.3. The number of aryl methyl sites for hydroxylation is 2. The lowest BCUT2D eigenvalue weighted by atomic mass is 9.95. The summed E-state index contributed by atoms with van der Waals surface area (Å²) in [6.45, 7) is 13.5. The van der Waals surface area contributed by atoms with Crippen LogP contribution in [0.2, 0.25) is 5.02 Å². The molecule has 2 aromatic heterocycles. The normalized spacial score (nSPS) is 13.4. The number of ether oxygens (including phenoxy) is 1. The van der Waals surface area contributed by atoms with Crippen molar-refractivity contribution in [2.75, 3.05) is 6.61 Å². The molecule has 0 fully saturated rings. The maximum Gasteiger partial charge on any atom is 0.307 e. The number of aromatic nitrogens is 1. The van der Waals surface area contributed by atoms with Gasteiger partial charge in [0.15, 0.2) is 11.5 Å². The Morgan fingerprint density at radius 3 is 2.45 bits per heavy atom. The number of benzene rings is 1. The number of unbranched alkanes of at least 4 members (excludes halogenated alkanes) is 1. The van der Waals surface area contributed by atoms with Gasteiger partial charge in [-0.2, -0.15) is 0 Å². The maximum atomic E-state index is 13.7. The number of nitrogens with zero attached hydrogens (tertiary/aromatic N) is 1. The van der Waals surface area contributed by atoms with E-state index in [9.17, 15) is 13.8 Å². The minimum Gasteiger partial charge on any atom is -0.466 e. The molecule has 2 atom stereocenters. The van der Waals surface area contributed by atoms with Gasteiger partial charge in [-0.3, -0.25) is 9.59 Å². The molecule has 1 aromatic carbocycles. The van der Waals surface area contributed by atoms with Crippen LogP contribution >= 0.6 is 22.9 Å². The average molecular weight is 579 g/mol. The minimum atomic E-state index is -1.51. The average Bonchev–Trinajstić information content (AvgIpc) is 3.36. The quantitative estimate of drug-likeness (QED) is 0.149. The second-order valence-electron chi connectivity index (χ2n) is 10.2. The number of hydrogen-bond donors (Lipinski definition) is 1. The Kier molecular flexibility index (Phi) is 10.1. The fourth-order valence-electron chi connectivity index (χ4n) is 3.77. The van der Waals surface area contributed by atoms with Crippen molar-refractivity contribution in [2.24, 2.45) is 0 Å². The van der Waals surface area contributed by atoms with Gasteiger partial charge in [-0.1, -0.05) is 30.1 Å². The lowest BCUT2D eigenvalue weighted by molar-refractivity contribution is -0.144. The molecule has 0 aliphatic rings. The Morgan fingerprint density at radius 2 is 1.84 bits per heavy atom. The summed E-state index contributed by atoms with van der Waals surface area (Å²) in [7, 11) is -1.51. The molecule has 0 aliphatic carbocycles. The molecule has 10 heteroatoms. The largest absolute Gasteiger partial charge is 0.466 e. The molecule has 0 radical (unpaired) electrons. The van der Waals surface area contributed by atoms with Crippen molar-refractivity contribution in [3.63, 3.8) is 0 Å². The molecule has 2 heterocycles. The van der Waals surface area contributed by atoms with E-state index in [1.165, 1.54) is 11.3 Å². The van der Waals surface area contributed by atoms with Crippen LogP contribution in [0.3, 0.4) is 0 Å². The molecule has 0 aliphatic heterocycles. The van der Waals surface area contributed by atoms with Crippen molar-refractivity contribution >= 4 is 45.7 Å². The topological polar surface area (TPSA) is 98.5 Å². The van der Waals surface area contributed by atoms with Gasteiger partial charge >= 0.3 is 5.97 Å². The zero-order chi connectivity index (χ0) is 28.2. The second-order valence-corrected chi connectivity index (χ2v) is 13.8. The molecule has 0 amide bonds. The van der Waals surface area contributed by atoms with Crippen LogP contribution in [0.4, 0.5) is 0 Å². The predicted octanol–water partition coefficient (Wildman–Crippen LogP) is 7.04. The van der Waals surface area contributed by atoms with Gasteiger partial charge in [-0.25, -0.2) is 8.93 Å². The summed E-state index contributed by atoms with van der Waals surface area (Å²) in [5, 5.41) is 4.75. The van der Waals surface area contributed by atoms with E-state index in [4.69, 9.17) is 20.9 Å². The number of rotatable bonds is 11. The van der Waals surface area contributed by atoms with Crippen molar-refractivity contribution in [1.29, 1.82) is 0 Å². The predicted molar refractivity (Wildman–Crippen MR) is 153 cm³/mol. The monoisotopic (exact) mass is 578 g/mol. The fourth-order valence-corrected chi connectivity index (χ4v) is 5.96. The van der Waals surface area contributed by atoms with E-state index < -0.39 is 27.7 Å². The lowest BCUT2D eigenvalue weighted by Crippen LogP contribution is -2.36. The van der Waals surface area contributed by atoms with Crippen LogP contribution in [0.15, 0.2) is 28.8 Å². The first-order valence-corrected chi connectivity index (χ1v) is 14.9. The fraction of sp³-hybridized carbons (Fsp3) is 0.464. The summed E-state index contributed by atoms with van der Waals surface area (Å²) in [5.74, 6) is -0.233. The zero-order valence-electron chi connectivity index (χ0n) is 22.9.